The van der Waals surface area contributed by atoms with Crippen LogP contribution >= 0.6 is 12.2 Å². The minimum atomic E-state index is -0.403. The minimum Gasteiger partial charge on any atom is -0.362 e. The van der Waals surface area contributed by atoms with Crippen LogP contribution in [0.2, 0.25) is 0 Å². The smallest absolute Gasteiger partial charge is 0.171 e. The number of hydrogen-bond donors (Lipinski definition) is 2. The first-order chi connectivity index (χ1) is 14.2. The lowest BCUT2D eigenvalue weighted by atomic mass is 9.97. The number of aromatic nitrogens is 2. The predicted octanol–water partition coefficient (Wildman–Crippen LogP) is 3.39. The Balaban J connectivity index is 1.30. The maximum Gasteiger partial charge on any atom is 0.171 e. The van der Waals surface area contributed by atoms with Gasteiger partial charge in [-0.15, -0.1) is 0 Å². The number of nitrogens with zero attached hydrogens (tertiary/aromatic N) is 3. The molecule has 1 spiro atoms. The zero-order chi connectivity index (χ0) is 19.9. The van der Waals surface area contributed by atoms with Crippen LogP contribution in [0.15, 0.2) is 24.2 Å². The summed E-state index contributed by atoms with van der Waals surface area (Å²) >= 11 is 5.51. The molecule has 8 heteroatoms. The van der Waals surface area contributed by atoms with Crippen molar-refractivity contribution in [2.45, 2.75) is 57.2 Å². The van der Waals surface area contributed by atoms with Crippen molar-refractivity contribution < 1.29 is 9.47 Å². The van der Waals surface area contributed by atoms with Gasteiger partial charge in [0.1, 0.15) is 12.0 Å². The van der Waals surface area contributed by atoms with E-state index in [9.17, 15) is 0 Å². The highest BCUT2D eigenvalue weighted by molar-refractivity contribution is 7.80. The minimum absolute atomic E-state index is 0.403. The van der Waals surface area contributed by atoms with Gasteiger partial charge in [-0.05, 0) is 50.7 Å². The lowest BCUT2D eigenvalue weighted by Gasteiger charge is -2.43. The summed E-state index contributed by atoms with van der Waals surface area (Å²) in [5.41, 5.74) is 2.38. The van der Waals surface area contributed by atoms with E-state index in [1.54, 1.807) is 18.1 Å². The molecule has 158 valence electrons. The van der Waals surface area contributed by atoms with Crippen LogP contribution in [-0.4, -0.2) is 53.7 Å². The fourth-order valence-corrected chi connectivity index (χ4v) is 4.47. The molecule has 0 aromatic carbocycles. The van der Waals surface area contributed by atoms with Gasteiger partial charge in [-0.25, -0.2) is 9.97 Å². The molecule has 29 heavy (non-hydrogen) atoms. The zero-order valence-electron chi connectivity index (χ0n) is 17.0. The summed E-state index contributed by atoms with van der Waals surface area (Å²) in [7, 11) is 0. The van der Waals surface area contributed by atoms with E-state index in [0.29, 0.717) is 5.11 Å². The normalized spacial score (nSPS) is 21.5. The van der Waals surface area contributed by atoms with Crippen LogP contribution in [-0.2, 0) is 9.47 Å². The molecule has 0 unspecified atom stereocenters. The van der Waals surface area contributed by atoms with Crippen molar-refractivity contribution in [2.24, 2.45) is 0 Å². The van der Waals surface area contributed by atoms with Crippen LogP contribution in [0.4, 0.5) is 11.5 Å². The number of nitrogens with one attached hydrogen (secondary N) is 2. The quantitative estimate of drug-likeness (QED) is 0.558. The summed E-state index contributed by atoms with van der Waals surface area (Å²) in [6.45, 7) is 4.09. The Hall–Kier alpha value is -1.77. The van der Waals surface area contributed by atoms with Gasteiger partial charge in [-0.2, -0.15) is 0 Å². The zero-order valence-corrected chi connectivity index (χ0v) is 17.8. The number of ether oxygens (including phenoxy) is 2. The van der Waals surface area contributed by atoms with E-state index in [1.165, 1.54) is 25.7 Å². The van der Waals surface area contributed by atoms with Crippen LogP contribution in [0.25, 0.3) is 0 Å². The van der Waals surface area contributed by atoms with Crippen LogP contribution < -0.4 is 15.5 Å². The molecule has 0 bridgehead atoms. The topological polar surface area (TPSA) is 71.5 Å². The summed E-state index contributed by atoms with van der Waals surface area (Å²) in [6, 6.07) is 0. The maximum absolute atomic E-state index is 5.95. The van der Waals surface area contributed by atoms with Crippen molar-refractivity contribution in [1.29, 1.82) is 0 Å². The molecular weight excluding hydrogens is 386 g/mol. The molecule has 3 aliphatic rings. The number of hydrogen-bond acceptors (Lipinski definition) is 6. The molecule has 1 aromatic heterocycles. The fraction of sp³-hybridized carbons (Fsp3) is 0.667. The van der Waals surface area contributed by atoms with Gasteiger partial charge < -0.3 is 25.0 Å². The third kappa shape index (κ3) is 5.43. The first kappa shape index (κ1) is 20.5. The van der Waals surface area contributed by atoms with Crippen molar-refractivity contribution in [2.75, 3.05) is 43.1 Å². The SMILES string of the molecule is S=C(NCCC1=CCCCC1)Nc1cncnc1N1CCC2(CC1)OCCCO2. The number of allylic oxidation sites excluding steroid dienone is 1. The average Bonchev–Trinajstić information content (AvgIpc) is 2.76. The van der Waals surface area contributed by atoms with Crippen molar-refractivity contribution in [3.8, 4) is 0 Å². The van der Waals surface area contributed by atoms with E-state index in [4.69, 9.17) is 21.7 Å². The monoisotopic (exact) mass is 417 g/mol. The van der Waals surface area contributed by atoms with Gasteiger partial charge in [0, 0.05) is 32.5 Å². The molecule has 7 nitrogen and oxygen atoms in total. The predicted molar refractivity (Wildman–Crippen MR) is 118 cm³/mol. The highest BCUT2D eigenvalue weighted by atomic mass is 32.1. The van der Waals surface area contributed by atoms with E-state index in [2.05, 4.69) is 31.6 Å². The van der Waals surface area contributed by atoms with Gasteiger partial charge in [0.05, 0.1) is 19.4 Å². The lowest BCUT2D eigenvalue weighted by molar-refractivity contribution is -0.275. The third-order valence-electron chi connectivity index (χ3n) is 5.90. The molecule has 4 rings (SSSR count). The Bertz CT molecular complexity index is 726. The summed E-state index contributed by atoms with van der Waals surface area (Å²) in [6.07, 6.45) is 14.5. The Morgan fingerprint density at radius 1 is 1.17 bits per heavy atom. The molecule has 2 aliphatic heterocycles. The van der Waals surface area contributed by atoms with Gasteiger partial charge in [-0.3, -0.25) is 0 Å². The van der Waals surface area contributed by atoms with E-state index in [1.807, 2.05) is 0 Å². The van der Waals surface area contributed by atoms with Crippen molar-refractivity contribution >= 4 is 28.8 Å². The summed E-state index contributed by atoms with van der Waals surface area (Å²) in [5.74, 6) is 0.477. The molecule has 1 aromatic rings. The molecule has 1 aliphatic carbocycles. The van der Waals surface area contributed by atoms with Crippen molar-refractivity contribution in [3.63, 3.8) is 0 Å². The largest absolute Gasteiger partial charge is 0.362 e. The summed E-state index contributed by atoms with van der Waals surface area (Å²) in [4.78, 5) is 11.0. The molecule has 0 atom stereocenters. The second kappa shape index (κ2) is 9.82. The van der Waals surface area contributed by atoms with Gasteiger partial charge in [0.25, 0.3) is 0 Å². The molecule has 2 saturated heterocycles. The third-order valence-corrected chi connectivity index (χ3v) is 6.15. The molecule has 2 N–H and O–H groups in total. The standard InChI is InChI=1S/C21H31N5O2S/c29-20(23-10-7-17-5-2-1-3-6-17)25-18-15-22-16-24-19(18)26-11-8-21(9-12-26)27-13-4-14-28-21/h5,15-16H,1-4,6-14H2,(H2,23,25,29). The molecular formula is C21H31N5O2S. The number of piperidine rings is 1. The van der Waals surface area contributed by atoms with E-state index in [-0.39, 0.29) is 0 Å². The van der Waals surface area contributed by atoms with E-state index >= 15 is 0 Å². The highest BCUT2D eigenvalue weighted by Crippen LogP contribution is 2.34. The average molecular weight is 418 g/mol. The molecule has 3 heterocycles. The van der Waals surface area contributed by atoms with Crippen LogP contribution in [0.5, 0.6) is 0 Å². The fourth-order valence-electron chi connectivity index (χ4n) is 4.26. The first-order valence-electron chi connectivity index (χ1n) is 10.8. The summed E-state index contributed by atoms with van der Waals surface area (Å²) in [5, 5.41) is 7.22. The van der Waals surface area contributed by atoms with Gasteiger partial charge in [0.2, 0.25) is 0 Å². The van der Waals surface area contributed by atoms with E-state index in [0.717, 1.165) is 70.0 Å². The second-order valence-corrected chi connectivity index (χ2v) is 8.36. The number of thiocarbonyl (C=S) groups is 1. The molecule has 0 saturated carbocycles. The summed E-state index contributed by atoms with van der Waals surface area (Å²) < 4.78 is 11.9. The second-order valence-electron chi connectivity index (χ2n) is 7.95. The Morgan fingerprint density at radius 2 is 2.00 bits per heavy atom. The van der Waals surface area contributed by atoms with Crippen molar-refractivity contribution in [3.05, 3.63) is 24.2 Å². The van der Waals surface area contributed by atoms with Crippen molar-refractivity contribution in [1.82, 2.24) is 15.3 Å². The number of rotatable bonds is 5. The van der Waals surface area contributed by atoms with E-state index < -0.39 is 5.79 Å². The highest BCUT2D eigenvalue weighted by Gasteiger charge is 2.39. The Kier molecular flexibility index (Phi) is 6.94. The Labute approximate surface area is 178 Å². The lowest BCUT2D eigenvalue weighted by Crippen LogP contribution is -2.50. The van der Waals surface area contributed by atoms with Crippen LogP contribution in [0.1, 0.15) is 51.4 Å². The maximum atomic E-state index is 5.95. The Morgan fingerprint density at radius 3 is 2.76 bits per heavy atom. The van der Waals surface area contributed by atoms with Gasteiger partial charge in [0.15, 0.2) is 16.7 Å². The molecule has 2 fully saturated rings. The van der Waals surface area contributed by atoms with Gasteiger partial charge in [-0.1, -0.05) is 11.6 Å². The molecule has 0 radical (unpaired) electrons. The molecule has 0 amide bonds. The van der Waals surface area contributed by atoms with Gasteiger partial charge >= 0.3 is 0 Å². The van der Waals surface area contributed by atoms with Crippen LogP contribution in [0, 0.1) is 0 Å². The number of anilines is 2. The van der Waals surface area contributed by atoms with Crippen LogP contribution in [0.3, 0.4) is 0 Å². The first-order valence-corrected chi connectivity index (χ1v) is 11.2.